The van der Waals surface area contributed by atoms with Gasteiger partial charge in [-0.15, -0.1) is 12.3 Å². The fourth-order valence-corrected chi connectivity index (χ4v) is 3.07. The van der Waals surface area contributed by atoms with E-state index in [2.05, 4.69) is 11.2 Å². The van der Waals surface area contributed by atoms with Crippen molar-refractivity contribution in [1.29, 1.82) is 0 Å². The van der Waals surface area contributed by atoms with Gasteiger partial charge in [-0.05, 0) is 43.1 Å². The van der Waals surface area contributed by atoms with Gasteiger partial charge in [0.25, 0.3) is 0 Å². The summed E-state index contributed by atoms with van der Waals surface area (Å²) >= 11 is 2.00. The molecule has 1 rings (SSSR count). The van der Waals surface area contributed by atoms with Crippen LogP contribution in [0.4, 0.5) is 0 Å². The lowest BCUT2D eigenvalue weighted by molar-refractivity contribution is -0.122. The number of rotatable bonds is 6. The van der Waals surface area contributed by atoms with E-state index in [1.54, 1.807) is 0 Å². The highest BCUT2D eigenvalue weighted by atomic mass is 32.2. The molecule has 0 aromatic rings. The summed E-state index contributed by atoms with van der Waals surface area (Å²) in [6, 6.07) is 0. The summed E-state index contributed by atoms with van der Waals surface area (Å²) < 4.78 is 0. The molecule has 1 aliphatic rings. The lowest BCUT2D eigenvalue weighted by Crippen LogP contribution is -2.27. The maximum atomic E-state index is 11.6. The Bertz CT molecular complexity index is 241. The predicted molar refractivity (Wildman–Crippen MR) is 70.4 cm³/mol. The first-order valence-electron chi connectivity index (χ1n) is 6.11. The van der Waals surface area contributed by atoms with Crippen molar-refractivity contribution in [2.24, 2.45) is 5.92 Å². The molecule has 0 aromatic heterocycles. The molecule has 16 heavy (non-hydrogen) atoms. The number of amides is 1. The van der Waals surface area contributed by atoms with Gasteiger partial charge in [-0.2, -0.15) is 11.8 Å². The summed E-state index contributed by atoms with van der Waals surface area (Å²) in [6.07, 6.45) is 11.1. The number of thioether (sulfide) groups is 1. The number of unbranched alkanes of at least 4 members (excludes halogenated alkanes) is 2. The minimum Gasteiger partial charge on any atom is -0.356 e. The van der Waals surface area contributed by atoms with E-state index in [9.17, 15) is 4.79 Å². The molecule has 0 aliphatic carbocycles. The summed E-state index contributed by atoms with van der Waals surface area (Å²) in [6.45, 7) is 0.780. The molecule has 0 saturated carbocycles. The Labute approximate surface area is 103 Å². The zero-order valence-corrected chi connectivity index (χ0v) is 10.7. The monoisotopic (exact) mass is 239 g/mol. The highest BCUT2D eigenvalue weighted by Crippen LogP contribution is 2.24. The van der Waals surface area contributed by atoms with E-state index in [-0.39, 0.29) is 5.91 Å². The second-order valence-corrected chi connectivity index (χ2v) is 5.50. The Kier molecular flexibility index (Phi) is 7.16. The summed E-state index contributed by atoms with van der Waals surface area (Å²) in [5, 5.41) is 2.97. The molecular weight excluding hydrogens is 218 g/mol. The summed E-state index contributed by atoms with van der Waals surface area (Å²) in [5.74, 6) is 5.89. The molecule has 3 heteroatoms. The lowest BCUT2D eigenvalue weighted by Gasteiger charge is -2.20. The first-order valence-corrected chi connectivity index (χ1v) is 7.26. The standard InChI is InChI=1S/C13H21NOS/c1-2-3-4-5-8-14-13(15)11-12-6-9-16-10-7-12/h1,12H,3-11H2,(H,14,15). The summed E-state index contributed by atoms with van der Waals surface area (Å²) in [5.41, 5.74) is 0. The van der Waals surface area contributed by atoms with Crippen LogP contribution in [0.5, 0.6) is 0 Å². The fourth-order valence-electron chi connectivity index (χ4n) is 1.86. The Balaban J connectivity index is 1.99. The van der Waals surface area contributed by atoms with Crippen LogP contribution in [-0.4, -0.2) is 24.0 Å². The number of terminal acetylenes is 1. The van der Waals surface area contributed by atoms with Crippen molar-refractivity contribution in [2.75, 3.05) is 18.1 Å². The number of hydrogen-bond donors (Lipinski definition) is 1. The van der Waals surface area contributed by atoms with E-state index in [4.69, 9.17) is 6.42 Å². The molecule has 1 saturated heterocycles. The molecule has 0 aromatic carbocycles. The van der Waals surface area contributed by atoms with Crippen LogP contribution in [0.15, 0.2) is 0 Å². The quantitative estimate of drug-likeness (QED) is 0.570. The summed E-state index contributed by atoms with van der Waals surface area (Å²) in [4.78, 5) is 11.6. The Hall–Kier alpha value is -0.620. The van der Waals surface area contributed by atoms with Crippen LogP contribution in [0, 0.1) is 18.3 Å². The van der Waals surface area contributed by atoms with Crippen molar-refractivity contribution in [3.8, 4) is 12.3 Å². The number of carbonyl (C=O) groups is 1. The van der Waals surface area contributed by atoms with Gasteiger partial charge in [-0.25, -0.2) is 0 Å². The molecule has 1 N–H and O–H groups in total. The van der Waals surface area contributed by atoms with Gasteiger partial charge < -0.3 is 5.32 Å². The molecular formula is C13H21NOS. The van der Waals surface area contributed by atoms with E-state index >= 15 is 0 Å². The first-order chi connectivity index (χ1) is 7.83. The van der Waals surface area contributed by atoms with Crippen LogP contribution in [0.2, 0.25) is 0 Å². The third kappa shape index (κ3) is 6.07. The normalized spacial score (nSPS) is 16.7. The average molecular weight is 239 g/mol. The van der Waals surface area contributed by atoms with Crippen LogP contribution in [0.3, 0.4) is 0 Å². The van der Waals surface area contributed by atoms with Crippen molar-refractivity contribution in [2.45, 2.75) is 38.5 Å². The van der Waals surface area contributed by atoms with Crippen molar-refractivity contribution in [1.82, 2.24) is 5.32 Å². The van der Waals surface area contributed by atoms with Crippen LogP contribution < -0.4 is 5.32 Å². The number of carbonyl (C=O) groups excluding carboxylic acids is 1. The van der Waals surface area contributed by atoms with Gasteiger partial charge in [-0.3, -0.25) is 4.79 Å². The third-order valence-corrected chi connectivity index (χ3v) is 3.93. The van der Waals surface area contributed by atoms with Gasteiger partial charge in [0.1, 0.15) is 0 Å². The van der Waals surface area contributed by atoms with Crippen LogP contribution in [-0.2, 0) is 4.79 Å². The number of hydrogen-bond acceptors (Lipinski definition) is 2. The van der Waals surface area contributed by atoms with E-state index in [1.807, 2.05) is 11.8 Å². The zero-order valence-electron chi connectivity index (χ0n) is 9.84. The highest BCUT2D eigenvalue weighted by molar-refractivity contribution is 7.99. The molecule has 0 unspecified atom stereocenters. The third-order valence-electron chi connectivity index (χ3n) is 2.89. The van der Waals surface area contributed by atoms with Crippen molar-refractivity contribution < 1.29 is 4.79 Å². The molecule has 2 nitrogen and oxygen atoms in total. The highest BCUT2D eigenvalue weighted by Gasteiger charge is 2.16. The predicted octanol–water partition coefficient (Wildman–Crippen LogP) is 2.44. The van der Waals surface area contributed by atoms with Gasteiger partial charge >= 0.3 is 0 Å². The van der Waals surface area contributed by atoms with Crippen LogP contribution >= 0.6 is 11.8 Å². The van der Waals surface area contributed by atoms with Crippen LogP contribution in [0.1, 0.15) is 38.5 Å². The minimum absolute atomic E-state index is 0.220. The maximum absolute atomic E-state index is 11.6. The van der Waals surface area contributed by atoms with Gasteiger partial charge in [-0.1, -0.05) is 0 Å². The van der Waals surface area contributed by atoms with Crippen molar-refractivity contribution in [3.05, 3.63) is 0 Å². The molecule has 0 radical (unpaired) electrons. The van der Waals surface area contributed by atoms with Gasteiger partial charge in [0, 0.05) is 19.4 Å². The SMILES string of the molecule is C#CCCCCNC(=O)CC1CCSCC1. The zero-order chi connectivity index (χ0) is 11.6. The molecule has 90 valence electrons. The van der Waals surface area contributed by atoms with Crippen LogP contribution in [0.25, 0.3) is 0 Å². The first kappa shape index (κ1) is 13.4. The fraction of sp³-hybridized carbons (Fsp3) is 0.769. The molecule has 1 fully saturated rings. The largest absolute Gasteiger partial charge is 0.356 e. The second-order valence-electron chi connectivity index (χ2n) is 4.27. The van der Waals surface area contributed by atoms with Gasteiger partial charge in [0.2, 0.25) is 5.91 Å². The number of nitrogens with one attached hydrogen (secondary N) is 1. The van der Waals surface area contributed by atoms with Crippen molar-refractivity contribution >= 4 is 17.7 Å². The van der Waals surface area contributed by atoms with Crippen molar-refractivity contribution in [3.63, 3.8) is 0 Å². The van der Waals surface area contributed by atoms with E-state index in [0.717, 1.165) is 32.2 Å². The summed E-state index contributed by atoms with van der Waals surface area (Å²) in [7, 11) is 0. The molecule has 1 heterocycles. The smallest absolute Gasteiger partial charge is 0.220 e. The van der Waals surface area contributed by atoms with E-state index < -0.39 is 0 Å². The van der Waals surface area contributed by atoms with Gasteiger partial charge in [0.05, 0.1) is 0 Å². The Morgan fingerprint density at radius 2 is 2.12 bits per heavy atom. The molecule has 1 amide bonds. The molecule has 1 aliphatic heterocycles. The Morgan fingerprint density at radius 1 is 1.38 bits per heavy atom. The molecule has 0 bridgehead atoms. The minimum atomic E-state index is 0.220. The molecule has 0 spiro atoms. The topological polar surface area (TPSA) is 29.1 Å². The second kappa shape index (κ2) is 8.52. The van der Waals surface area contributed by atoms with E-state index in [1.165, 1.54) is 24.3 Å². The maximum Gasteiger partial charge on any atom is 0.220 e. The average Bonchev–Trinajstić information content (AvgIpc) is 2.30. The van der Waals surface area contributed by atoms with E-state index in [0.29, 0.717) is 5.92 Å². The lowest BCUT2D eigenvalue weighted by atomic mass is 9.98. The Morgan fingerprint density at radius 3 is 2.81 bits per heavy atom. The van der Waals surface area contributed by atoms with Gasteiger partial charge in [0.15, 0.2) is 0 Å². The molecule has 0 atom stereocenters.